The van der Waals surface area contributed by atoms with E-state index < -0.39 is 0 Å². The highest BCUT2D eigenvalue weighted by Crippen LogP contribution is 2.37. The summed E-state index contributed by atoms with van der Waals surface area (Å²) in [5, 5.41) is 29.4. The van der Waals surface area contributed by atoms with E-state index in [1.807, 2.05) is 42.6 Å². The Hall–Kier alpha value is -4.18. The molecule has 0 bridgehead atoms. The molecule has 0 saturated heterocycles. The number of aryl methyl sites for hydroxylation is 1. The number of hydrogen-bond donors (Lipinski definition) is 1. The molecule has 150 valence electrons. The molecular formula is C20H20N10. The van der Waals surface area contributed by atoms with Crippen molar-refractivity contribution in [3.8, 4) is 34.7 Å². The second kappa shape index (κ2) is 7.68. The van der Waals surface area contributed by atoms with Crippen molar-refractivity contribution in [2.45, 2.75) is 25.8 Å². The fraction of sp³-hybridized carbons (Fsp3) is 0.300. The van der Waals surface area contributed by atoms with Crippen LogP contribution in [0.25, 0.3) is 28.0 Å². The SMILES string of the molecule is CC#N.Cn1cc(-c2cn3nccc3c(-c3cnn(C4CC(C#N)C4)c3)n2)c(N)n1. The number of aromatic nitrogens is 7. The fourth-order valence-corrected chi connectivity index (χ4v) is 3.54. The standard InChI is InChI=1S/C18H17N9.C2H3N/c1-25-9-14(18(20)24-25)15-10-27-16(2-3-21-27)17(23-15)12-7-22-26(8-12)13-4-11(5-13)6-19;1-2-3/h2-3,7-11,13H,4-5H2,1H3,(H2,20,24);1H3. The molecule has 4 aromatic heterocycles. The van der Waals surface area contributed by atoms with Crippen LogP contribution in [0.1, 0.15) is 25.8 Å². The number of nitrogens with two attached hydrogens (primary N) is 1. The van der Waals surface area contributed by atoms with Crippen LogP contribution in [0.2, 0.25) is 0 Å². The maximum Gasteiger partial charge on any atom is 0.154 e. The van der Waals surface area contributed by atoms with Crippen LogP contribution >= 0.6 is 0 Å². The molecule has 4 aromatic rings. The molecule has 4 heterocycles. The number of fused-ring (bicyclic) bond motifs is 1. The number of nitrogens with zero attached hydrogens (tertiary/aromatic N) is 9. The normalized spacial score (nSPS) is 17.5. The Kier molecular flexibility index (Phi) is 4.90. The molecule has 10 nitrogen and oxygen atoms in total. The monoisotopic (exact) mass is 400 g/mol. The zero-order chi connectivity index (χ0) is 21.3. The molecule has 0 radical (unpaired) electrons. The molecule has 30 heavy (non-hydrogen) atoms. The van der Waals surface area contributed by atoms with Crippen molar-refractivity contribution in [1.29, 1.82) is 10.5 Å². The molecule has 1 aliphatic rings. The Balaban J connectivity index is 0.000000687. The van der Waals surface area contributed by atoms with E-state index in [4.69, 9.17) is 21.2 Å². The Bertz CT molecular complexity index is 1270. The first-order chi connectivity index (χ1) is 14.5. The molecule has 0 spiro atoms. The summed E-state index contributed by atoms with van der Waals surface area (Å²) in [6.07, 6.45) is 10.9. The summed E-state index contributed by atoms with van der Waals surface area (Å²) < 4.78 is 5.39. The van der Waals surface area contributed by atoms with Crippen molar-refractivity contribution in [1.82, 2.24) is 34.2 Å². The number of nitriles is 2. The summed E-state index contributed by atoms with van der Waals surface area (Å²) in [7, 11) is 1.82. The van der Waals surface area contributed by atoms with Gasteiger partial charge in [0.25, 0.3) is 0 Å². The third-order valence-electron chi connectivity index (χ3n) is 5.07. The number of rotatable bonds is 3. The molecule has 0 amide bonds. The smallest absolute Gasteiger partial charge is 0.154 e. The molecule has 1 saturated carbocycles. The van der Waals surface area contributed by atoms with E-state index in [1.165, 1.54) is 6.92 Å². The van der Waals surface area contributed by atoms with Crippen molar-refractivity contribution in [2.75, 3.05) is 5.73 Å². The summed E-state index contributed by atoms with van der Waals surface area (Å²) >= 11 is 0. The Labute approximate surface area is 172 Å². The lowest BCUT2D eigenvalue weighted by atomic mass is 9.81. The van der Waals surface area contributed by atoms with Gasteiger partial charge in [-0.15, -0.1) is 0 Å². The van der Waals surface area contributed by atoms with Gasteiger partial charge in [-0.3, -0.25) is 9.36 Å². The van der Waals surface area contributed by atoms with E-state index in [0.717, 1.165) is 35.2 Å². The minimum atomic E-state index is 0.138. The highest BCUT2D eigenvalue weighted by molar-refractivity contribution is 5.80. The number of nitrogen functional groups attached to an aromatic ring is 1. The van der Waals surface area contributed by atoms with Crippen molar-refractivity contribution < 1.29 is 0 Å². The van der Waals surface area contributed by atoms with Crippen molar-refractivity contribution in [2.24, 2.45) is 13.0 Å². The summed E-state index contributed by atoms with van der Waals surface area (Å²) in [6.45, 7) is 1.43. The maximum atomic E-state index is 8.98. The van der Waals surface area contributed by atoms with Crippen LogP contribution in [0.5, 0.6) is 0 Å². The quantitative estimate of drug-likeness (QED) is 0.557. The third kappa shape index (κ3) is 3.35. The van der Waals surface area contributed by atoms with E-state index in [2.05, 4.69) is 21.4 Å². The highest BCUT2D eigenvalue weighted by Gasteiger charge is 2.31. The lowest BCUT2D eigenvalue weighted by Gasteiger charge is -2.30. The van der Waals surface area contributed by atoms with Crippen molar-refractivity contribution in [3.63, 3.8) is 0 Å². The van der Waals surface area contributed by atoms with Crippen LogP contribution < -0.4 is 5.73 Å². The summed E-state index contributed by atoms with van der Waals surface area (Å²) in [5.41, 5.74) is 10.1. The molecule has 0 aromatic carbocycles. The predicted octanol–water partition coefficient (Wildman–Crippen LogP) is 2.58. The largest absolute Gasteiger partial charge is 0.382 e. The molecule has 10 heteroatoms. The third-order valence-corrected chi connectivity index (χ3v) is 5.07. The van der Waals surface area contributed by atoms with Gasteiger partial charge in [-0.25, -0.2) is 9.50 Å². The maximum absolute atomic E-state index is 8.98. The van der Waals surface area contributed by atoms with Gasteiger partial charge in [0.2, 0.25) is 0 Å². The van der Waals surface area contributed by atoms with E-state index in [-0.39, 0.29) is 12.0 Å². The van der Waals surface area contributed by atoms with Gasteiger partial charge in [-0.05, 0) is 18.9 Å². The first kappa shape index (κ1) is 19.2. The summed E-state index contributed by atoms with van der Waals surface area (Å²) in [6, 6.07) is 6.26. The molecule has 1 aliphatic carbocycles. The van der Waals surface area contributed by atoms with Crippen LogP contribution in [-0.2, 0) is 7.05 Å². The van der Waals surface area contributed by atoms with E-state index in [0.29, 0.717) is 11.5 Å². The van der Waals surface area contributed by atoms with Crippen LogP contribution in [0, 0.1) is 28.6 Å². The van der Waals surface area contributed by atoms with Crippen LogP contribution in [-0.4, -0.2) is 34.2 Å². The van der Waals surface area contributed by atoms with Crippen LogP contribution in [0.4, 0.5) is 5.82 Å². The van der Waals surface area contributed by atoms with Crippen LogP contribution in [0.3, 0.4) is 0 Å². The lowest BCUT2D eigenvalue weighted by molar-refractivity contribution is 0.230. The highest BCUT2D eigenvalue weighted by atomic mass is 15.3. The molecule has 0 atom stereocenters. The molecule has 1 fully saturated rings. The molecule has 0 aliphatic heterocycles. The number of hydrogen-bond acceptors (Lipinski definition) is 7. The number of anilines is 1. The molecule has 5 rings (SSSR count). The van der Waals surface area contributed by atoms with Gasteiger partial charge in [0.15, 0.2) is 5.82 Å². The predicted molar refractivity (Wildman–Crippen MR) is 109 cm³/mol. The molecule has 0 unspecified atom stereocenters. The zero-order valence-corrected chi connectivity index (χ0v) is 16.6. The van der Waals surface area contributed by atoms with E-state index in [9.17, 15) is 0 Å². The average molecular weight is 400 g/mol. The van der Waals surface area contributed by atoms with Crippen LogP contribution in [0.15, 0.2) is 37.1 Å². The summed E-state index contributed by atoms with van der Waals surface area (Å²) in [4.78, 5) is 4.84. The molecular weight excluding hydrogens is 380 g/mol. The fourth-order valence-electron chi connectivity index (χ4n) is 3.54. The van der Waals surface area contributed by atoms with Gasteiger partial charge in [0, 0.05) is 31.9 Å². The van der Waals surface area contributed by atoms with Gasteiger partial charge in [0.05, 0.1) is 65.2 Å². The summed E-state index contributed by atoms with van der Waals surface area (Å²) in [5.74, 6) is 0.564. The zero-order valence-electron chi connectivity index (χ0n) is 16.6. The van der Waals surface area contributed by atoms with Gasteiger partial charge in [0.1, 0.15) is 0 Å². The van der Waals surface area contributed by atoms with Crippen molar-refractivity contribution in [3.05, 3.63) is 37.1 Å². The van der Waals surface area contributed by atoms with Gasteiger partial charge in [-0.1, -0.05) is 0 Å². The average Bonchev–Trinajstić information content (AvgIpc) is 3.40. The lowest BCUT2D eigenvalue weighted by Crippen LogP contribution is -2.25. The minimum Gasteiger partial charge on any atom is -0.382 e. The van der Waals surface area contributed by atoms with E-state index >= 15 is 0 Å². The Morgan fingerprint density at radius 1 is 1.17 bits per heavy atom. The first-order valence-electron chi connectivity index (χ1n) is 9.43. The first-order valence-corrected chi connectivity index (χ1v) is 9.43. The topological polar surface area (TPSA) is 139 Å². The second-order valence-electron chi connectivity index (χ2n) is 7.12. The minimum absolute atomic E-state index is 0.138. The van der Waals surface area contributed by atoms with Gasteiger partial charge < -0.3 is 5.73 Å². The Morgan fingerprint density at radius 2 is 1.93 bits per heavy atom. The molecule has 2 N–H and O–H groups in total. The Morgan fingerprint density at radius 3 is 2.60 bits per heavy atom. The van der Waals surface area contributed by atoms with Crippen molar-refractivity contribution >= 4 is 11.3 Å². The van der Waals surface area contributed by atoms with E-state index in [1.54, 1.807) is 21.5 Å². The van der Waals surface area contributed by atoms with Gasteiger partial charge in [-0.2, -0.15) is 25.8 Å². The van der Waals surface area contributed by atoms with Gasteiger partial charge >= 0.3 is 0 Å². The second-order valence-corrected chi connectivity index (χ2v) is 7.12.